The van der Waals surface area contributed by atoms with Gasteiger partial charge in [0.25, 0.3) is 0 Å². The summed E-state index contributed by atoms with van der Waals surface area (Å²) in [6.45, 7) is 2.18. The fourth-order valence-corrected chi connectivity index (χ4v) is 3.62. The van der Waals surface area contributed by atoms with E-state index in [-0.39, 0.29) is 0 Å². The first-order chi connectivity index (χ1) is 14.0. The van der Waals surface area contributed by atoms with Gasteiger partial charge >= 0.3 is 0 Å². The molecule has 140 valence electrons. The van der Waals surface area contributed by atoms with Gasteiger partial charge in [-0.3, -0.25) is 4.99 Å². The molecule has 0 atom stereocenters. The molecular formula is C24H19N5. The molecule has 0 aromatic heterocycles. The van der Waals surface area contributed by atoms with E-state index >= 15 is 0 Å². The third-order valence-electron chi connectivity index (χ3n) is 5.63. The predicted octanol–water partition coefficient (Wildman–Crippen LogP) is 3.91. The van der Waals surface area contributed by atoms with Gasteiger partial charge in [-0.15, -0.1) is 0 Å². The molecule has 2 aromatic carbocycles. The Hall–Kier alpha value is -3.93. The number of hydrogen-bond acceptors (Lipinski definition) is 5. The first kappa shape index (κ1) is 19.8. The average molecular weight is 377 g/mol. The van der Waals surface area contributed by atoms with E-state index in [4.69, 9.17) is 0 Å². The van der Waals surface area contributed by atoms with Crippen LogP contribution in [0.2, 0.25) is 0 Å². The van der Waals surface area contributed by atoms with Crippen LogP contribution in [0, 0.1) is 45.3 Å². The summed E-state index contributed by atoms with van der Waals surface area (Å²) in [5.41, 5.74) is 0.876. The van der Waals surface area contributed by atoms with Gasteiger partial charge in [0.1, 0.15) is 0 Å². The Morgan fingerprint density at radius 2 is 1.24 bits per heavy atom. The maximum atomic E-state index is 9.83. The smallest absolute Gasteiger partial charge is 0.205 e. The number of hydrogen-bond donors (Lipinski definition) is 0. The standard InChI is InChI=1S/C24H19N5/c1-18-24(16-27,17-28)22-8-6-21(7-9-22)23(14-25,15-26)12-10-19-2-4-20(5-3-19)11-13-29-18/h2-9H,10-13H2,1H3. The van der Waals surface area contributed by atoms with Crippen molar-refractivity contribution in [2.75, 3.05) is 6.54 Å². The molecule has 0 spiro atoms. The average Bonchev–Trinajstić information content (AvgIpc) is 2.77. The third-order valence-corrected chi connectivity index (χ3v) is 5.63. The molecule has 4 aliphatic rings. The molecule has 4 aliphatic heterocycles. The normalized spacial score (nSPS) is 17.2. The molecule has 0 radical (unpaired) electrons. The van der Waals surface area contributed by atoms with Crippen molar-refractivity contribution < 1.29 is 0 Å². The van der Waals surface area contributed by atoms with Crippen molar-refractivity contribution in [1.82, 2.24) is 0 Å². The topological polar surface area (TPSA) is 108 Å². The second-order valence-corrected chi connectivity index (χ2v) is 7.21. The number of rotatable bonds is 0. The van der Waals surface area contributed by atoms with Gasteiger partial charge in [-0.1, -0.05) is 48.5 Å². The molecule has 0 aliphatic carbocycles. The molecular weight excluding hydrogens is 358 g/mol. The first-order valence-corrected chi connectivity index (χ1v) is 9.39. The highest BCUT2D eigenvalue weighted by atomic mass is 14.8. The summed E-state index contributed by atoms with van der Waals surface area (Å²) in [6, 6.07) is 23.3. The van der Waals surface area contributed by atoms with Gasteiger partial charge in [-0.2, -0.15) is 21.0 Å². The van der Waals surface area contributed by atoms with E-state index in [1.165, 1.54) is 0 Å². The highest BCUT2D eigenvalue weighted by molar-refractivity contribution is 5.99. The van der Waals surface area contributed by atoms with Crippen LogP contribution < -0.4 is 0 Å². The van der Waals surface area contributed by atoms with Crippen LogP contribution in [-0.4, -0.2) is 12.3 Å². The van der Waals surface area contributed by atoms with Crippen LogP contribution in [-0.2, 0) is 23.7 Å². The van der Waals surface area contributed by atoms with E-state index in [1.54, 1.807) is 31.2 Å². The second-order valence-electron chi connectivity index (χ2n) is 7.21. The molecule has 0 fully saturated rings. The first-order valence-electron chi connectivity index (χ1n) is 9.39. The van der Waals surface area contributed by atoms with Crippen molar-refractivity contribution in [1.29, 1.82) is 21.0 Å². The van der Waals surface area contributed by atoms with Gasteiger partial charge in [-0.25, -0.2) is 0 Å². The van der Waals surface area contributed by atoms with Crippen LogP contribution in [0.1, 0.15) is 35.6 Å². The van der Waals surface area contributed by atoms with Crippen LogP contribution in [0.5, 0.6) is 0 Å². The van der Waals surface area contributed by atoms with Crippen molar-refractivity contribution in [3.63, 3.8) is 0 Å². The van der Waals surface area contributed by atoms with Crippen molar-refractivity contribution in [2.24, 2.45) is 4.99 Å². The lowest BCUT2D eigenvalue weighted by Gasteiger charge is -2.23. The number of aliphatic imine (C=N–C) groups is 1. The third kappa shape index (κ3) is 3.48. The van der Waals surface area contributed by atoms with Crippen molar-refractivity contribution in [3.05, 3.63) is 70.8 Å². The van der Waals surface area contributed by atoms with Gasteiger partial charge in [0, 0.05) is 12.3 Å². The molecule has 2 aromatic rings. The Kier molecular flexibility index (Phi) is 5.45. The van der Waals surface area contributed by atoms with Crippen LogP contribution in [0.25, 0.3) is 0 Å². The summed E-state index contributed by atoms with van der Waals surface area (Å²) >= 11 is 0. The van der Waals surface area contributed by atoms with E-state index in [0.717, 1.165) is 11.1 Å². The lowest BCUT2D eigenvalue weighted by Crippen LogP contribution is -2.31. The maximum Gasteiger partial charge on any atom is 0.205 e. The lowest BCUT2D eigenvalue weighted by atomic mass is 9.75. The quantitative estimate of drug-likeness (QED) is 0.693. The summed E-state index contributed by atoms with van der Waals surface area (Å²) in [5.74, 6) is 0. The Morgan fingerprint density at radius 1 is 0.724 bits per heavy atom. The Morgan fingerprint density at radius 3 is 1.76 bits per heavy atom. The van der Waals surface area contributed by atoms with Crippen molar-refractivity contribution in [3.8, 4) is 24.3 Å². The minimum absolute atomic E-state index is 0.362. The molecule has 5 heteroatoms. The van der Waals surface area contributed by atoms with Gasteiger partial charge < -0.3 is 0 Å². The number of benzene rings is 2. The van der Waals surface area contributed by atoms with Gasteiger partial charge in [0.2, 0.25) is 5.41 Å². The second kappa shape index (κ2) is 7.98. The molecule has 0 saturated carbocycles. The monoisotopic (exact) mass is 377 g/mol. The zero-order valence-electron chi connectivity index (χ0n) is 16.2. The molecule has 0 saturated heterocycles. The SMILES string of the molecule is CC1=NCCc2ccc(cc2)CCC(C#N)(C#N)c2ccc(cc2)C1(C#N)C#N. The summed E-state index contributed by atoms with van der Waals surface area (Å²) in [7, 11) is 0. The molecule has 0 amide bonds. The summed E-state index contributed by atoms with van der Waals surface area (Å²) in [5, 5.41) is 39.3. The zero-order chi connectivity index (χ0) is 20.9. The molecule has 0 N–H and O–H groups in total. The highest BCUT2D eigenvalue weighted by Gasteiger charge is 2.38. The number of nitrogens with zero attached hydrogens (tertiary/aromatic N) is 5. The Balaban J connectivity index is 2.18. The maximum absolute atomic E-state index is 9.83. The minimum Gasteiger partial charge on any atom is -0.291 e. The number of nitriles is 4. The van der Waals surface area contributed by atoms with Crippen LogP contribution >= 0.6 is 0 Å². The van der Waals surface area contributed by atoms with Crippen LogP contribution in [0.4, 0.5) is 0 Å². The predicted molar refractivity (Wildman–Crippen MR) is 109 cm³/mol. The molecule has 4 heterocycles. The molecule has 4 bridgehead atoms. The lowest BCUT2D eigenvalue weighted by molar-refractivity contribution is 0.626. The van der Waals surface area contributed by atoms with Crippen molar-refractivity contribution in [2.45, 2.75) is 37.0 Å². The van der Waals surface area contributed by atoms with Gasteiger partial charge in [0.15, 0.2) is 5.41 Å². The fourth-order valence-electron chi connectivity index (χ4n) is 3.62. The molecule has 29 heavy (non-hydrogen) atoms. The fraction of sp³-hybridized carbons (Fsp3) is 0.292. The van der Waals surface area contributed by atoms with Crippen LogP contribution in [0.15, 0.2) is 53.5 Å². The van der Waals surface area contributed by atoms with E-state index in [9.17, 15) is 21.0 Å². The van der Waals surface area contributed by atoms with Crippen LogP contribution in [0.3, 0.4) is 0 Å². The van der Waals surface area contributed by atoms with E-state index in [0.29, 0.717) is 42.6 Å². The summed E-state index contributed by atoms with van der Waals surface area (Å²) in [6.07, 6.45) is 1.66. The summed E-state index contributed by atoms with van der Waals surface area (Å²) < 4.78 is 0. The van der Waals surface area contributed by atoms with Gasteiger partial charge in [0.05, 0.1) is 24.3 Å². The van der Waals surface area contributed by atoms with E-state index < -0.39 is 10.8 Å². The van der Waals surface area contributed by atoms with E-state index in [1.807, 2.05) is 24.3 Å². The Labute approximate surface area is 170 Å². The largest absolute Gasteiger partial charge is 0.291 e. The molecule has 0 unspecified atom stereocenters. The zero-order valence-corrected chi connectivity index (χ0v) is 16.2. The van der Waals surface area contributed by atoms with Crippen molar-refractivity contribution >= 4 is 5.71 Å². The highest BCUT2D eigenvalue weighted by Crippen LogP contribution is 2.32. The summed E-state index contributed by atoms with van der Waals surface area (Å²) in [4.78, 5) is 4.52. The van der Waals surface area contributed by atoms with Gasteiger partial charge in [-0.05, 0) is 48.4 Å². The number of aryl methyl sites for hydroxylation is 1. The minimum atomic E-state index is -1.50. The Bertz CT molecular complexity index is 1070. The molecule has 6 rings (SSSR count). The molecule has 5 nitrogen and oxygen atoms in total. The van der Waals surface area contributed by atoms with E-state index in [2.05, 4.69) is 29.3 Å².